The van der Waals surface area contributed by atoms with Crippen LogP contribution in [0.1, 0.15) is 5.56 Å². The van der Waals surface area contributed by atoms with Crippen molar-refractivity contribution in [3.63, 3.8) is 0 Å². The third-order valence-corrected chi connectivity index (χ3v) is 3.55. The van der Waals surface area contributed by atoms with Crippen molar-refractivity contribution >= 4 is 15.9 Å². The van der Waals surface area contributed by atoms with Crippen LogP contribution in [0.4, 0.5) is 0 Å². The Morgan fingerprint density at radius 1 is 1.50 bits per heavy atom. The van der Waals surface area contributed by atoms with Crippen molar-refractivity contribution in [2.45, 2.75) is 18.6 Å². The van der Waals surface area contributed by atoms with Gasteiger partial charge in [-0.1, -0.05) is 6.07 Å². The molecule has 0 saturated carbocycles. The highest BCUT2D eigenvalue weighted by Crippen LogP contribution is 2.26. The van der Waals surface area contributed by atoms with Gasteiger partial charge in [0.05, 0.1) is 37.5 Å². The van der Waals surface area contributed by atoms with Crippen molar-refractivity contribution in [2.24, 2.45) is 0 Å². The lowest BCUT2D eigenvalue weighted by atomic mass is 10.0. The van der Waals surface area contributed by atoms with E-state index in [-0.39, 0.29) is 6.10 Å². The smallest absolute Gasteiger partial charge is 0.133 e. The maximum atomic E-state index is 10.1. The normalized spacial score (nSPS) is 21.6. The first-order valence-electron chi connectivity index (χ1n) is 5.90. The van der Waals surface area contributed by atoms with Gasteiger partial charge < -0.3 is 19.3 Å². The van der Waals surface area contributed by atoms with Crippen molar-refractivity contribution in [1.82, 2.24) is 0 Å². The fourth-order valence-electron chi connectivity index (χ4n) is 1.94. The Hall–Kier alpha value is -0.620. The van der Waals surface area contributed by atoms with E-state index in [4.69, 9.17) is 14.2 Å². The summed E-state index contributed by atoms with van der Waals surface area (Å²) in [6.45, 7) is 1.61. The molecular formula is C13H17BrO4. The van der Waals surface area contributed by atoms with Crippen LogP contribution in [0.5, 0.6) is 5.75 Å². The summed E-state index contributed by atoms with van der Waals surface area (Å²) in [6.07, 6.45) is -0.249. The van der Waals surface area contributed by atoms with Crippen molar-refractivity contribution < 1.29 is 19.3 Å². The fraction of sp³-hybridized carbons (Fsp3) is 0.538. The molecule has 1 fully saturated rings. The van der Waals surface area contributed by atoms with E-state index in [2.05, 4.69) is 15.9 Å². The molecule has 1 heterocycles. The van der Waals surface area contributed by atoms with Crippen LogP contribution in [-0.4, -0.2) is 44.2 Å². The Kier molecular flexibility index (Phi) is 5.00. The monoisotopic (exact) mass is 316 g/mol. The Bertz CT molecular complexity index is 391. The lowest BCUT2D eigenvalue weighted by Crippen LogP contribution is -2.39. The number of rotatable bonds is 4. The number of aliphatic hydroxyl groups is 1. The average Bonchev–Trinajstić information content (AvgIpc) is 2.40. The van der Waals surface area contributed by atoms with E-state index in [1.54, 1.807) is 7.11 Å². The number of aliphatic hydroxyl groups excluding tert-OH is 1. The SMILES string of the molecule is COc1ccc(CC(O)C2COCCO2)cc1Br. The maximum Gasteiger partial charge on any atom is 0.133 e. The molecule has 5 heteroatoms. The van der Waals surface area contributed by atoms with Crippen molar-refractivity contribution in [3.05, 3.63) is 28.2 Å². The zero-order valence-electron chi connectivity index (χ0n) is 10.3. The molecule has 18 heavy (non-hydrogen) atoms. The molecule has 0 spiro atoms. The van der Waals surface area contributed by atoms with Gasteiger partial charge in [0.1, 0.15) is 11.9 Å². The second kappa shape index (κ2) is 6.52. The third-order valence-electron chi connectivity index (χ3n) is 2.93. The van der Waals surface area contributed by atoms with Crippen LogP contribution in [0.25, 0.3) is 0 Å². The zero-order valence-corrected chi connectivity index (χ0v) is 11.9. The van der Waals surface area contributed by atoms with Gasteiger partial charge in [0.2, 0.25) is 0 Å². The lowest BCUT2D eigenvalue weighted by molar-refractivity contribution is -0.131. The van der Waals surface area contributed by atoms with E-state index >= 15 is 0 Å². The average molecular weight is 317 g/mol. The number of hydrogen-bond acceptors (Lipinski definition) is 4. The molecule has 1 N–H and O–H groups in total. The van der Waals surface area contributed by atoms with Crippen molar-refractivity contribution in [3.8, 4) is 5.75 Å². The van der Waals surface area contributed by atoms with Gasteiger partial charge in [-0.3, -0.25) is 0 Å². The second-order valence-corrected chi connectivity index (χ2v) is 5.08. The van der Waals surface area contributed by atoms with E-state index in [0.717, 1.165) is 15.8 Å². The Labute approximate surface area is 115 Å². The predicted octanol–water partition coefficient (Wildman–Crippen LogP) is 1.78. The Morgan fingerprint density at radius 3 is 2.94 bits per heavy atom. The van der Waals surface area contributed by atoms with Crippen LogP contribution in [0, 0.1) is 0 Å². The van der Waals surface area contributed by atoms with Crippen molar-refractivity contribution in [2.75, 3.05) is 26.9 Å². The number of methoxy groups -OCH3 is 1. The van der Waals surface area contributed by atoms with Gasteiger partial charge in [0.15, 0.2) is 0 Å². The highest BCUT2D eigenvalue weighted by atomic mass is 79.9. The Morgan fingerprint density at radius 2 is 2.33 bits per heavy atom. The van der Waals surface area contributed by atoms with Crippen LogP contribution >= 0.6 is 15.9 Å². The fourth-order valence-corrected chi connectivity index (χ4v) is 2.53. The summed E-state index contributed by atoms with van der Waals surface area (Å²) in [5.41, 5.74) is 1.03. The standard InChI is InChI=1S/C13H17BrO4/c1-16-12-3-2-9(6-10(12)14)7-11(15)13-8-17-4-5-18-13/h2-3,6,11,13,15H,4-5,7-8H2,1H3. The van der Waals surface area contributed by atoms with E-state index < -0.39 is 6.10 Å². The van der Waals surface area contributed by atoms with Gasteiger partial charge in [0, 0.05) is 6.42 Å². The number of benzene rings is 1. The summed E-state index contributed by atoms with van der Waals surface area (Å²) in [5.74, 6) is 0.783. The molecule has 0 aromatic heterocycles. The molecule has 1 aliphatic rings. The highest BCUT2D eigenvalue weighted by molar-refractivity contribution is 9.10. The molecule has 1 aromatic rings. The van der Waals surface area contributed by atoms with E-state index in [9.17, 15) is 5.11 Å². The molecule has 2 atom stereocenters. The molecule has 1 aliphatic heterocycles. The van der Waals surface area contributed by atoms with E-state index in [1.165, 1.54) is 0 Å². The quantitative estimate of drug-likeness (QED) is 0.920. The van der Waals surface area contributed by atoms with Crippen LogP contribution in [-0.2, 0) is 15.9 Å². The van der Waals surface area contributed by atoms with Gasteiger partial charge in [-0.05, 0) is 33.6 Å². The summed E-state index contributed by atoms with van der Waals surface area (Å²) < 4.78 is 16.8. The summed E-state index contributed by atoms with van der Waals surface area (Å²) in [5, 5.41) is 10.1. The van der Waals surface area contributed by atoms with Crippen LogP contribution in [0.3, 0.4) is 0 Å². The first-order chi connectivity index (χ1) is 8.70. The minimum atomic E-state index is -0.550. The summed E-state index contributed by atoms with van der Waals surface area (Å²) in [6, 6.07) is 5.77. The topological polar surface area (TPSA) is 47.9 Å². The molecule has 0 bridgehead atoms. The molecule has 2 unspecified atom stereocenters. The van der Waals surface area contributed by atoms with E-state index in [1.807, 2.05) is 18.2 Å². The lowest BCUT2D eigenvalue weighted by Gasteiger charge is -2.27. The van der Waals surface area contributed by atoms with Gasteiger partial charge in [0.25, 0.3) is 0 Å². The van der Waals surface area contributed by atoms with Gasteiger partial charge in [-0.2, -0.15) is 0 Å². The molecular weight excluding hydrogens is 300 g/mol. The minimum absolute atomic E-state index is 0.236. The van der Waals surface area contributed by atoms with Gasteiger partial charge in [-0.15, -0.1) is 0 Å². The second-order valence-electron chi connectivity index (χ2n) is 4.22. The van der Waals surface area contributed by atoms with Gasteiger partial charge in [-0.25, -0.2) is 0 Å². The molecule has 1 saturated heterocycles. The molecule has 0 aliphatic carbocycles. The van der Waals surface area contributed by atoms with Crippen LogP contribution in [0.15, 0.2) is 22.7 Å². The van der Waals surface area contributed by atoms with Gasteiger partial charge >= 0.3 is 0 Å². The maximum absolute atomic E-state index is 10.1. The largest absolute Gasteiger partial charge is 0.496 e. The summed E-state index contributed by atoms with van der Waals surface area (Å²) in [7, 11) is 1.63. The molecule has 100 valence electrons. The molecule has 4 nitrogen and oxygen atoms in total. The van der Waals surface area contributed by atoms with Crippen LogP contribution < -0.4 is 4.74 Å². The number of hydrogen-bond donors (Lipinski definition) is 1. The molecule has 1 aromatic carbocycles. The summed E-state index contributed by atoms with van der Waals surface area (Å²) >= 11 is 3.43. The molecule has 0 amide bonds. The predicted molar refractivity (Wildman–Crippen MR) is 71.0 cm³/mol. The van der Waals surface area contributed by atoms with Crippen molar-refractivity contribution in [1.29, 1.82) is 0 Å². The third kappa shape index (κ3) is 3.45. The highest BCUT2D eigenvalue weighted by Gasteiger charge is 2.23. The molecule has 0 radical (unpaired) electrons. The Balaban J connectivity index is 1.97. The van der Waals surface area contributed by atoms with E-state index in [0.29, 0.717) is 26.2 Å². The molecule has 2 rings (SSSR count). The van der Waals surface area contributed by atoms with Crippen LogP contribution in [0.2, 0.25) is 0 Å². The first kappa shape index (κ1) is 13.8. The first-order valence-corrected chi connectivity index (χ1v) is 6.70. The number of halogens is 1. The minimum Gasteiger partial charge on any atom is -0.496 e. The number of ether oxygens (including phenoxy) is 3. The summed E-state index contributed by atoms with van der Waals surface area (Å²) in [4.78, 5) is 0. The zero-order chi connectivity index (χ0) is 13.0.